The van der Waals surface area contributed by atoms with Gasteiger partial charge in [-0.15, -0.1) is 0 Å². The molecule has 4 amide bonds. The highest BCUT2D eigenvalue weighted by atomic mass is 19.3. The van der Waals surface area contributed by atoms with Crippen molar-refractivity contribution in [2.45, 2.75) is 88.9 Å². The first-order valence-electron chi connectivity index (χ1n) is 15.9. The molecular formula is C32H40F2N4O5. The molecule has 3 unspecified atom stereocenters. The fourth-order valence-corrected chi connectivity index (χ4v) is 8.11. The highest BCUT2D eigenvalue weighted by Gasteiger charge is 2.55. The molecule has 3 saturated heterocycles. The topological polar surface area (TPSA) is 99.3 Å². The molecule has 1 aromatic rings. The zero-order valence-electron chi connectivity index (χ0n) is 24.6. The molecule has 7 rings (SSSR count). The Kier molecular flexibility index (Phi) is 7.22. The minimum atomic E-state index is -2.86. The van der Waals surface area contributed by atoms with Crippen molar-refractivity contribution in [3.63, 3.8) is 0 Å². The highest BCUT2D eigenvalue weighted by Crippen LogP contribution is 2.44. The van der Waals surface area contributed by atoms with E-state index in [4.69, 9.17) is 4.74 Å². The third-order valence-electron chi connectivity index (χ3n) is 10.8. The van der Waals surface area contributed by atoms with Gasteiger partial charge in [-0.25, -0.2) is 8.78 Å². The summed E-state index contributed by atoms with van der Waals surface area (Å²) in [5, 5.41) is 2.30. The van der Waals surface area contributed by atoms with E-state index in [2.05, 4.69) is 12.2 Å². The largest absolute Gasteiger partial charge is 0.489 e. The van der Waals surface area contributed by atoms with Crippen molar-refractivity contribution in [2.75, 3.05) is 26.2 Å². The Bertz CT molecular complexity index is 1320. The van der Waals surface area contributed by atoms with Gasteiger partial charge in [-0.2, -0.15) is 0 Å². The molecule has 43 heavy (non-hydrogen) atoms. The lowest BCUT2D eigenvalue weighted by atomic mass is 9.76. The molecule has 4 heterocycles. The van der Waals surface area contributed by atoms with E-state index < -0.39 is 30.0 Å². The van der Waals surface area contributed by atoms with Crippen LogP contribution in [0.15, 0.2) is 18.2 Å². The molecule has 1 aromatic carbocycles. The van der Waals surface area contributed by atoms with Crippen molar-refractivity contribution >= 4 is 23.6 Å². The van der Waals surface area contributed by atoms with Crippen LogP contribution in [-0.2, 0) is 20.9 Å². The number of benzene rings is 1. The Morgan fingerprint density at radius 3 is 2.49 bits per heavy atom. The summed E-state index contributed by atoms with van der Waals surface area (Å²) in [4.78, 5) is 55.0. The average Bonchev–Trinajstić information content (AvgIpc) is 3.59. The number of halogens is 2. The van der Waals surface area contributed by atoms with E-state index in [1.165, 1.54) is 4.90 Å². The van der Waals surface area contributed by atoms with Gasteiger partial charge in [0.25, 0.3) is 11.8 Å². The van der Waals surface area contributed by atoms with Crippen LogP contribution in [0.4, 0.5) is 8.78 Å². The molecule has 0 spiro atoms. The van der Waals surface area contributed by atoms with Gasteiger partial charge in [0.15, 0.2) is 0 Å². The molecule has 5 fully saturated rings. The Balaban J connectivity index is 0.977. The van der Waals surface area contributed by atoms with Gasteiger partial charge in [0.1, 0.15) is 23.9 Å². The minimum Gasteiger partial charge on any atom is -0.489 e. The van der Waals surface area contributed by atoms with Crippen molar-refractivity contribution in [3.05, 3.63) is 29.3 Å². The summed E-state index contributed by atoms with van der Waals surface area (Å²) in [7, 11) is 0. The van der Waals surface area contributed by atoms with Gasteiger partial charge in [-0.3, -0.25) is 29.4 Å². The number of carbonyl (C=O) groups excluding carboxylic acids is 4. The quantitative estimate of drug-likeness (QED) is 0.505. The fourth-order valence-electron chi connectivity index (χ4n) is 8.11. The molecule has 2 saturated carbocycles. The van der Waals surface area contributed by atoms with Gasteiger partial charge < -0.3 is 14.5 Å². The number of likely N-dealkylation sites (tertiary alicyclic amines) is 2. The molecule has 4 aliphatic heterocycles. The van der Waals surface area contributed by atoms with Crippen molar-refractivity contribution in [3.8, 4) is 5.75 Å². The Hall–Kier alpha value is -3.08. The maximum Gasteiger partial charge on any atom is 0.266 e. The number of rotatable bonds is 6. The summed E-state index contributed by atoms with van der Waals surface area (Å²) in [6.45, 7) is 5.13. The number of hydrogen-bond acceptors (Lipinski definition) is 6. The first kappa shape index (κ1) is 28.7. The molecule has 11 heteroatoms. The van der Waals surface area contributed by atoms with E-state index in [1.807, 2.05) is 9.80 Å². The van der Waals surface area contributed by atoms with Gasteiger partial charge in [-0.1, -0.05) is 6.92 Å². The van der Waals surface area contributed by atoms with Crippen molar-refractivity contribution in [2.24, 2.45) is 23.7 Å². The molecule has 232 valence electrons. The number of fused-ring (bicyclic) bond motifs is 1. The number of nitrogens with zero attached hydrogens (tertiary/aromatic N) is 3. The van der Waals surface area contributed by atoms with Gasteiger partial charge in [0.2, 0.25) is 17.7 Å². The predicted molar refractivity (Wildman–Crippen MR) is 151 cm³/mol. The first-order chi connectivity index (χ1) is 20.6. The number of hydrogen-bond donors (Lipinski definition) is 1. The smallest absolute Gasteiger partial charge is 0.266 e. The lowest BCUT2D eigenvalue weighted by Gasteiger charge is -2.53. The van der Waals surface area contributed by atoms with Crippen LogP contribution in [0.3, 0.4) is 0 Å². The SMILES string of the molecule is CC1CC1C(=O)N1CCC(C2CN([C@@H]3[C@H](Oc4ccc5c(c4)CN(C4CCC(=O)NC4=O)C5=O)CCCC3(F)F)C2)CC1. The van der Waals surface area contributed by atoms with Crippen LogP contribution in [0, 0.1) is 23.7 Å². The number of carbonyl (C=O) groups is 4. The van der Waals surface area contributed by atoms with Crippen LogP contribution in [0.1, 0.15) is 74.2 Å². The molecule has 1 N–H and O–H groups in total. The molecule has 5 atom stereocenters. The predicted octanol–water partition coefficient (Wildman–Crippen LogP) is 3.21. The standard InChI is InChI=1S/C32H40F2N4O5/c1-18-13-24(18)30(41)36-11-8-19(9-12-36)21-15-37(16-21)28-26(3-2-10-32(28,33)34)43-22-4-5-23-20(14-22)17-38(31(23)42)25-6-7-27(39)35-29(25)40/h4-5,14,18-19,21,24-26,28H,2-3,6-13,15-17H2,1H3,(H,35,39,40)/t18?,24?,25?,26-,28-/m1/s1. The lowest BCUT2D eigenvalue weighted by molar-refractivity contribution is -0.172. The van der Waals surface area contributed by atoms with Crippen LogP contribution >= 0.6 is 0 Å². The van der Waals surface area contributed by atoms with Crippen LogP contribution in [0.5, 0.6) is 5.75 Å². The number of piperidine rings is 2. The van der Waals surface area contributed by atoms with E-state index in [1.54, 1.807) is 18.2 Å². The first-order valence-corrected chi connectivity index (χ1v) is 15.9. The van der Waals surface area contributed by atoms with E-state index in [0.717, 1.165) is 32.4 Å². The Morgan fingerprint density at radius 2 is 1.79 bits per heavy atom. The molecule has 2 aliphatic carbocycles. The van der Waals surface area contributed by atoms with Gasteiger partial charge in [0, 0.05) is 57.0 Å². The molecule has 0 aromatic heterocycles. The maximum absolute atomic E-state index is 15.4. The van der Waals surface area contributed by atoms with Gasteiger partial charge >= 0.3 is 0 Å². The second-order valence-corrected chi connectivity index (χ2v) is 13.7. The van der Waals surface area contributed by atoms with Crippen LogP contribution in [0.2, 0.25) is 0 Å². The second-order valence-electron chi connectivity index (χ2n) is 13.7. The zero-order valence-corrected chi connectivity index (χ0v) is 24.6. The van der Waals surface area contributed by atoms with E-state index in [-0.39, 0.29) is 43.5 Å². The van der Waals surface area contributed by atoms with Crippen molar-refractivity contribution in [1.82, 2.24) is 20.0 Å². The van der Waals surface area contributed by atoms with Crippen molar-refractivity contribution in [1.29, 1.82) is 0 Å². The number of alkyl halides is 2. The number of nitrogens with one attached hydrogen (secondary N) is 1. The van der Waals surface area contributed by atoms with Gasteiger partial charge in [-0.05, 0) is 80.0 Å². The third-order valence-corrected chi connectivity index (χ3v) is 10.8. The lowest BCUT2D eigenvalue weighted by Crippen LogP contribution is -2.66. The maximum atomic E-state index is 15.4. The van der Waals surface area contributed by atoms with E-state index in [0.29, 0.717) is 66.5 Å². The normalized spacial score (nSPS) is 33.2. The van der Waals surface area contributed by atoms with E-state index >= 15 is 8.78 Å². The Labute approximate surface area is 250 Å². The summed E-state index contributed by atoms with van der Waals surface area (Å²) >= 11 is 0. The van der Waals surface area contributed by atoms with Crippen LogP contribution in [0.25, 0.3) is 0 Å². The summed E-state index contributed by atoms with van der Waals surface area (Å²) in [5.74, 6) is -1.68. The van der Waals surface area contributed by atoms with Crippen molar-refractivity contribution < 1.29 is 32.7 Å². The number of ether oxygens (including phenoxy) is 1. The fraction of sp³-hybridized carbons (Fsp3) is 0.688. The summed E-state index contributed by atoms with van der Waals surface area (Å²) in [6.07, 6.45) is 3.42. The number of imide groups is 1. The monoisotopic (exact) mass is 598 g/mol. The van der Waals surface area contributed by atoms with Crippen LogP contribution < -0.4 is 10.1 Å². The average molecular weight is 599 g/mol. The zero-order chi connectivity index (χ0) is 30.0. The number of amides is 4. The molecule has 0 bridgehead atoms. The van der Waals surface area contributed by atoms with Crippen LogP contribution in [-0.4, -0.2) is 88.6 Å². The minimum absolute atomic E-state index is 0.154. The summed E-state index contributed by atoms with van der Waals surface area (Å²) < 4.78 is 37.1. The molecule has 0 radical (unpaired) electrons. The van der Waals surface area contributed by atoms with Gasteiger partial charge in [0.05, 0.1) is 0 Å². The highest BCUT2D eigenvalue weighted by molar-refractivity contribution is 6.05. The summed E-state index contributed by atoms with van der Waals surface area (Å²) in [5.41, 5.74) is 1.16. The third kappa shape index (κ3) is 5.31. The molecular weight excluding hydrogens is 558 g/mol. The summed E-state index contributed by atoms with van der Waals surface area (Å²) in [6, 6.07) is 3.32. The Morgan fingerprint density at radius 1 is 1.05 bits per heavy atom. The second kappa shape index (κ2) is 10.8. The molecule has 9 nitrogen and oxygen atoms in total. The van der Waals surface area contributed by atoms with E-state index in [9.17, 15) is 19.2 Å². The molecule has 6 aliphatic rings.